The van der Waals surface area contributed by atoms with E-state index in [0.29, 0.717) is 6.54 Å². The van der Waals surface area contributed by atoms with Crippen molar-refractivity contribution in [2.45, 2.75) is 27.2 Å². The van der Waals surface area contributed by atoms with Crippen molar-refractivity contribution in [3.8, 4) is 5.95 Å². The zero-order chi connectivity index (χ0) is 15.2. The lowest BCUT2D eigenvalue weighted by Gasteiger charge is -2.32. The van der Waals surface area contributed by atoms with Crippen LogP contribution in [-0.2, 0) is 0 Å². The van der Waals surface area contributed by atoms with Crippen LogP contribution in [0.3, 0.4) is 0 Å². The van der Waals surface area contributed by atoms with Gasteiger partial charge in [-0.2, -0.15) is 0 Å². The van der Waals surface area contributed by atoms with Crippen LogP contribution in [0.25, 0.3) is 0 Å². The molecule has 1 atom stereocenters. The van der Waals surface area contributed by atoms with E-state index in [9.17, 15) is 4.79 Å². The van der Waals surface area contributed by atoms with Gasteiger partial charge in [-0.1, -0.05) is 25.9 Å². The molecule has 0 saturated heterocycles. The molecular weight excluding hydrogens is 258 g/mol. The predicted octanol–water partition coefficient (Wildman–Crippen LogP) is 1.78. The highest BCUT2D eigenvalue weighted by Crippen LogP contribution is 2.21. The molecule has 1 unspecified atom stereocenters. The van der Waals surface area contributed by atoms with Gasteiger partial charge in [0.1, 0.15) is 0 Å². The molecule has 0 saturated carbocycles. The van der Waals surface area contributed by atoms with E-state index in [1.807, 2.05) is 0 Å². The van der Waals surface area contributed by atoms with Gasteiger partial charge in [0.25, 0.3) is 5.91 Å². The van der Waals surface area contributed by atoms with Gasteiger partial charge in [-0.05, 0) is 25.4 Å². The summed E-state index contributed by atoms with van der Waals surface area (Å²) in [6.07, 6.45) is 0.986. The molecule has 0 bridgehead atoms. The monoisotopic (exact) mass is 283 g/mol. The van der Waals surface area contributed by atoms with Crippen LogP contribution >= 0.6 is 0 Å². The minimum atomic E-state index is -0.240. The lowest BCUT2D eigenvalue weighted by molar-refractivity contribution is 0.0909. The van der Waals surface area contributed by atoms with Crippen molar-refractivity contribution >= 4 is 5.91 Å². The van der Waals surface area contributed by atoms with Crippen LogP contribution in [0.15, 0.2) is 10.6 Å². The maximum Gasteiger partial charge on any atom is 0.311 e. The Hall–Kier alpha value is -1.56. The second-order valence-electron chi connectivity index (χ2n) is 5.41. The first-order valence-electron chi connectivity index (χ1n) is 6.91. The maximum atomic E-state index is 12.0. The molecule has 1 N–H and O–H groups in total. The summed E-state index contributed by atoms with van der Waals surface area (Å²) < 4.78 is 9.70. The third kappa shape index (κ3) is 4.52. The molecule has 0 aliphatic rings. The number of nitrogens with zero attached hydrogens (tertiary/aromatic N) is 2. The van der Waals surface area contributed by atoms with Crippen molar-refractivity contribution in [3.05, 3.63) is 11.8 Å². The number of methoxy groups -OCH3 is 1. The topological polar surface area (TPSA) is 67.6 Å². The fourth-order valence-corrected chi connectivity index (χ4v) is 1.90. The largest absolute Gasteiger partial charge is 0.467 e. The minimum absolute atomic E-state index is 0.0360. The first-order chi connectivity index (χ1) is 9.44. The van der Waals surface area contributed by atoms with E-state index in [1.165, 1.54) is 13.2 Å². The Labute approximate surface area is 120 Å². The number of carbonyl (C=O) groups is 1. The Morgan fingerprint density at radius 2 is 2.25 bits per heavy atom. The van der Waals surface area contributed by atoms with Gasteiger partial charge in [0.05, 0.1) is 13.2 Å². The minimum Gasteiger partial charge on any atom is -0.467 e. The van der Waals surface area contributed by atoms with E-state index in [-0.39, 0.29) is 23.0 Å². The molecular formula is C14H25N3O3. The summed E-state index contributed by atoms with van der Waals surface area (Å²) in [6, 6.07) is 1.48. The molecule has 0 radical (unpaired) electrons. The molecule has 20 heavy (non-hydrogen) atoms. The molecule has 1 aromatic rings. The number of carbonyl (C=O) groups excluding carboxylic acids is 1. The molecule has 0 spiro atoms. The van der Waals surface area contributed by atoms with E-state index >= 15 is 0 Å². The molecule has 0 aromatic carbocycles. The van der Waals surface area contributed by atoms with Gasteiger partial charge >= 0.3 is 5.95 Å². The van der Waals surface area contributed by atoms with Crippen molar-refractivity contribution in [1.29, 1.82) is 0 Å². The molecule has 1 heterocycles. The molecule has 6 heteroatoms. The first-order valence-corrected chi connectivity index (χ1v) is 6.91. The lowest BCUT2D eigenvalue weighted by atomic mass is 9.87. The van der Waals surface area contributed by atoms with Gasteiger partial charge < -0.3 is 19.5 Å². The fraction of sp³-hybridized carbons (Fsp3) is 0.714. The average molecular weight is 283 g/mol. The summed E-state index contributed by atoms with van der Waals surface area (Å²) in [5, 5.41) is 6.58. The molecule has 114 valence electrons. The number of aromatic nitrogens is 1. The van der Waals surface area contributed by atoms with Crippen LogP contribution < -0.4 is 10.1 Å². The summed E-state index contributed by atoms with van der Waals surface area (Å²) in [6.45, 7) is 8.95. The predicted molar refractivity (Wildman–Crippen MR) is 77.0 cm³/mol. The molecule has 0 aliphatic heterocycles. The molecule has 1 amide bonds. The number of hydrogen-bond donors (Lipinski definition) is 1. The lowest BCUT2D eigenvalue weighted by Crippen LogP contribution is -2.42. The summed E-state index contributed by atoms with van der Waals surface area (Å²) >= 11 is 0. The Morgan fingerprint density at radius 3 is 2.75 bits per heavy atom. The van der Waals surface area contributed by atoms with E-state index in [1.54, 1.807) is 0 Å². The van der Waals surface area contributed by atoms with Crippen molar-refractivity contribution in [2.24, 2.45) is 5.41 Å². The van der Waals surface area contributed by atoms with Crippen molar-refractivity contribution < 1.29 is 14.1 Å². The van der Waals surface area contributed by atoms with Crippen LogP contribution in [-0.4, -0.2) is 49.8 Å². The van der Waals surface area contributed by atoms with Gasteiger partial charge in [-0.25, -0.2) is 0 Å². The van der Waals surface area contributed by atoms with E-state index in [0.717, 1.165) is 19.5 Å². The van der Waals surface area contributed by atoms with Crippen LogP contribution in [0.2, 0.25) is 0 Å². The van der Waals surface area contributed by atoms with Crippen LogP contribution in [0.1, 0.15) is 37.7 Å². The van der Waals surface area contributed by atoms with E-state index in [4.69, 9.17) is 9.26 Å². The van der Waals surface area contributed by atoms with Crippen molar-refractivity contribution in [1.82, 2.24) is 15.4 Å². The van der Waals surface area contributed by atoms with Crippen molar-refractivity contribution in [2.75, 3.05) is 33.8 Å². The van der Waals surface area contributed by atoms with E-state index < -0.39 is 0 Å². The quantitative estimate of drug-likeness (QED) is 0.787. The third-order valence-corrected chi connectivity index (χ3v) is 3.64. The Kier molecular flexibility index (Phi) is 6.01. The van der Waals surface area contributed by atoms with Crippen LogP contribution in [0, 0.1) is 5.41 Å². The van der Waals surface area contributed by atoms with E-state index in [2.05, 4.69) is 43.2 Å². The Bertz CT molecular complexity index is 433. The average Bonchev–Trinajstić information content (AvgIpc) is 2.93. The molecule has 0 aliphatic carbocycles. The van der Waals surface area contributed by atoms with Gasteiger partial charge in [-0.3, -0.25) is 4.79 Å². The van der Waals surface area contributed by atoms with Gasteiger partial charge in [-0.15, -0.1) is 0 Å². The van der Waals surface area contributed by atoms with Gasteiger partial charge in [0, 0.05) is 13.1 Å². The number of rotatable bonds is 8. The summed E-state index contributed by atoms with van der Waals surface area (Å²) in [4.78, 5) is 14.2. The molecule has 1 rings (SSSR count). The number of ether oxygens (including phenoxy) is 1. The standard InChI is InChI=1S/C14H25N3O3/c1-6-14(3,10-17(4)7-2)9-15-13(18)11-8-12(19-5)20-16-11/h8H,6-7,9-10H2,1-5H3,(H,15,18). The summed E-state index contributed by atoms with van der Waals surface area (Å²) in [7, 11) is 3.55. The smallest absolute Gasteiger partial charge is 0.311 e. The molecule has 1 aromatic heterocycles. The summed E-state index contributed by atoms with van der Waals surface area (Å²) in [5.41, 5.74) is 0.276. The Balaban J connectivity index is 2.57. The second-order valence-corrected chi connectivity index (χ2v) is 5.41. The normalized spacial score (nSPS) is 14.1. The molecule has 6 nitrogen and oxygen atoms in total. The van der Waals surface area contributed by atoms with Crippen molar-refractivity contribution in [3.63, 3.8) is 0 Å². The highest BCUT2D eigenvalue weighted by molar-refractivity contribution is 5.92. The van der Waals surface area contributed by atoms with Gasteiger partial charge in [0.15, 0.2) is 5.69 Å². The first kappa shape index (κ1) is 16.5. The maximum absolute atomic E-state index is 12.0. The number of hydrogen-bond acceptors (Lipinski definition) is 5. The highest BCUT2D eigenvalue weighted by atomic mass is 16.6. The van der Waals surface area contributed by atoms with Crippen LogP contribution in [0.5, 0.6) is 5.95 Å². The fourth-order valence-electron chi connectivity index (χ4n) is 1.90. The summed E-state index contributed by atoms with van der Waals surface area (Å²) in [5.74, 6) is -0.00463. The number of nitrogens with one attached hydrogen (secondary N) is 1. The Morgan fingerprint density at radius 1 is 1.55 bits per heavy atom. The van der Waals surface area contributed by atoms with Crippen LogP contribution in [0.4, 0.5) is 0 Å². The molecule has 0 fully saturated rings. The third-order valence-electron chi connectivity index (χ3n) is 3.64. The van der Waals surface area contributed by atoms with Gasteiger partial charge in [0.2, 0.25) is 0 Å². The highest BCUT2D eigenvalue weighted by Gasteiger charge is 2.25. The SMILES string of the molecule is CCN(C)CC(C)(CC)CNC(=O)c1cc(OC)on1. The number of amides is 1. The zero-order valence-electron chi connectivity index (χ0n) is 13.0. The zero-order valence-corrected chi connectivity index (χ0v) is 13.0. The second kappa shape index (κ2) is 7.28.